The SMILES string of the molecule is Cc1ccc(C(=O)N(C)C2CCCCC2)cn1. The van der Waals surface area contributed by atoms with Crippen LogP contribution in [0.3, 0.4) is 0 Å². The topological polar surface area (TPSA) is 33.2 Å². The maximum Gasteiger partial charge on any atom is 0.255 e. The molecular weight excluding hydrogens is 212 g/mol. The maximum absolute atomic E-state index is 12.2. The number of aromatic nitrogens is 1. The van der Waals surface area contributed by atoms with Crippen LogP contribution in [-0.2, 0) is 0 Å². The second kappa shape index (κ2) is 5.30. The number of amides is 1. The van der Waals surface area contributed by atoms with Crippen LogP contribution in [0.4, 0.5) is 0 Å². The van der Waals surface area contributed by atoms with Crippen LogP contribution in [-0.4, -0.2) is 28.9 Å². The molecule has 0 aliphatic heterocycles. The van der Waals surface area contributed by atoms with E-state index in [0.29, 0.717) is 11.6 Å². The van der Waals surface area contributed by atoms with Gasteiger partial charge in [-0.05, 0) is 31.9 Å². The lowest BCUT2D eigenvalue weighted by atomic mass is 9.94. The van der Waals surface area contributed by atoms with Gasteiger partial charge in [0, 0.05) is 25.0 Å². The molecule has 0 N–H and O–H groups in total. The zero-order valence-corrected chi connectivity index (χ0v) is 10.6. The van der Waals surface area contributed by atoms with Gasteiger partial charge in [0.15, 0.2) is 0 Å². The number of rotatable bonds is 2. The van der Waals surface area contributed by atoms with Crippen molar-refractivity contribution in [1.29, 1.82) is 0 Å². The zero-order valence-electron chi connectivity index (χ0n) is 10.6. The third-order valence-electron chi connectivity index (χ3n) is 3.60. The van der Waals surface area contributed by atoms with Gasteiger partial charge in [0.05, 0.1) is 5.56 Å². The Labute approximate surface area is 103 Å². The fourth-order valence-corrected chi connectivity index (χ4v) is 2.43. The van der Waals surface area contributed by atoms with Gasteiger partial charge in [0.25, 0.3) is 5.91 Å². The average molecular weight is 232 g/mol. The fourth-order valence-electron chi connectivity index (χ4n) is 2.43. The highest BCUT2D eigenvalue weighted by atomic mass is 16.2. The summed E-state index contributed by atoms with van der Waals surface area (Å²) < 4.78 is 0. The van der Waals surface area contributed by atoms with Gasteiger partial charge in [-0.25, -0.2) is 0 Å². The highest BCUT2D eigenvalue weighted by Crippen LogP contribution is 2.22. The highest BCUT2D eigenvalue weighted by molar-refractivity contribution is 5.93. The first kappa shape index (κ1) is 12.1. The van der Waals surface area contributed by atoms with E-state index in [1.807, 2.05) is 31.0 Å². The van der Waals surface area contributed by atoms with E-state index in [4.69, 9.17) is 0 Å². The molecule has 1 aliphatic rings. The summed E-state index contributed by atoms with van der Waals surface area (Å²) >= 11 is 0. The highest BCUT2D eigenvalue weighted by Gasteiger charge is 2.22. The molecule has 0 bridgehead atoms. The van der Waals surface area contributed by atoms with Gasteiger partial charge in [0.2, 0.25) is 0 Å². The van der Waals surface area contributed by atoms with Crippen molar-refractivity contribution < 1.29 is 4.79 Å². The summed E-state index contributed by atoms with van der Waals surface area (Å²) in [6, 6.07) is 4.17. The molecule has 1 aromatic heterocycles. The quantitative estimate of drug-likeness (QED) is 0.785. The van der Waals surface area contributed by atoms with E-state index in [0.717, 1.165) is 18.5 Å². The lowest BCUT2D eigenvalue weighted by molar-refractivity contribution is 0.0696. The summed E-state index contributed by atoms with van der Waals surface area (Å²) in [6.07, 6.45) is 7.76. The predicted molar refractivity (Wildman–Crippen MR) is 67.9 cm³/mol. The van der Waals surface area contributed by atoms with Crippen molar-refractivity contribution in [3.63, 3.8) is 0 Å². The Hall–Kier alpha value is -1.38. The first-order valence-electron chi connectivity index (χ1n) is 6.38. The Kier molecular flexibility index (Phi) is 3.77. The van der Waals surface area contributed by atoms with E-state index in [1.165, 1.54) is 19.3 Å². The molecule has 0 spiro atoms. The number of hydrogen-bond acceptors (Lipinski definition) is 2. The lowest BCUT2D eigenvalue weighted by Gasteiger charge is -2.31. The fraction of sp³-hybridized carbons (Fsp3) is 0.571. The predicted octanol–water partition coefficient (Wildman–Crippen LogP) is 2.79. The molecule has 1 aliphatic carbocycles. The number of carbonyl (C=O) groups is 1. The van der Waals surface area contributed by atoms with Gasteiger partial charge >= 0.3 is 0 Å². The van der Waals surface area contributed by atoms with E-state index < -0.39 is 0 Å². The van der Waals surface area contributed by atoms with Crippen LogP contribution in [0.25, 0.3) is 0 Å². The van der Waals surface area contributed by atoms with Crippen molar-refractivity contribution in [2.45, 2.75) is 45.1 Å². The van der Waals surface area contributed by atoms with Crippen molar-refractivity contribution in [2.75, 3.05) is 7.05 Å². The molecule has 3 nitrogen and oxygen atoms in total. The monoisotopic (exact) mass is 232 g/mol. The second-order valence-corrected chi connectivity index (χ2v) is 4.90. The summed E-state index contributed by atoms with van der Waals surface area (Å²) in [6.45, 7) is 1.93. The Morgan fingerprint density at radius 1 is 1.29 bits per heavy atom. The Bertz CT molecular complexity index is 380. The molecule has 1 fully saturated rings. The van der Waals surface area contributed by atoms with Crippen LogP contribution >= 0.6 is 0 Å². The van der Waals surface area contributed by atoms with Crippen LogP contribution in [0.2, 0.25) is 0 Å². The smallest absolute Gasteiger partial charge is 0.255 e. The third kappa shape index (κ3) is 2.84. The van der Waals surface area contributed by atoms with Crippen LogP contribution in [0.1, 0.15) is 48.2 Å². The van der Waals surface area contributed by atoms with Crippen LogP contribution in [0, 0.1) is 6.92 Å². The van der Waals surface area contributed by atoms with Gasteiger partial charge < -0.3 is 4.90 Å². The molecule has 0 aromatic carbocycles. The van der Waals surface area contributed by atoms with Crippen molar-refractivity contribution >= 4 is 5.91 Å². The van der Waals surface area contributed by atoms with Crippen LogP contribution < -0.4 is 0 Å². The van der Waals surface area contributed by atoms with Gasteiger partial charge in [-0.15, -0.1) is 0 Å². The molecule has 92 valence electrons. The summed E-state index contributed by atoms with van der Waals surface area (Å²) in [5, 5.41) is 0. The molecule has 1 saturated carbocycles. The number of nitrogens with zero attached hydrogens (tertiary/aromatic N) is 2. The van der Waals surface area contributed by atoms with Crippen molar-refractivity contribution in [1.82, 2.24) is 9.88 Å². The Morgan fingerprint density at radius 2 is 2.00 bits per heavy atom. The molecular formula is C14H20N2O. The van der Waals surface area contributed by atoms with E-state index in [1.54, 1.807) is 6.20 Å². The molecule has 2 rings (SSSR count). The van der Waals surface area contributed by atoms with Crippen molar-refractivity contribution in [3.8, 4) is 0 Å². The normalized spacial score (nSPS) is 16.8. The third-order valence-corrected chi connectivity index (χ3v) is 3.60. The van der Waals surface area contributed by atoms with E-state index in [9.17, 15) is 4.79 Å². The molecule has 1 heterocycles. The number of pyridine rings is 1. The average Bonchev–Trinajstić information content (AvgIpc) is 2.39. The summed E-state index contributed by atoms with van der Waals surface area (Å²) in [4.78, 5) is 18.3. The molecule has 1 aromatic rings. The van der Waals surface area contributed by atoms with E-state index >= 15 is 0 Å². The van der Waals surface area contributed by atoms with Gasteiger partial charge in [-0.2, -0.15) is 0 Å². The Balaban J connectivity index is 2.05. The first-order valence-corrected chi connectivity index (χ1v) is 6.38. The lowest BCUT2D eigenvalue weighted by Crippen LogP contribution is -2.38. The van der Waals surface area contributed by atoms with Gasteiger partial charge in [-0.1, -0.05) is 19.3 Å². The molecule has 0 unspecified atom stereocenters. The molecule has 0 radical (unpaired) electrons. The van der Waals surface area contributed by atoms with Crippen LogP contribution in [0.5, 0.6) is 0 Å². The first-order chi connectivity index (χ1) is 8.18. The molecule has 0 atom stereocenters. The zero-order chi connectivity index (χ0) is 12.3. The second-order valence-electron chi connectivity index (χ2n) is 4.90. The summed E-state index contributed by atoms with van der Waals surface area (Å²) in [5.74, 6) is 0.101. The molecule has 17 heavy (non-hydrogen) atoms. The van der Waals surface area contributed by atoms with Crippen molar-refractivity contribution in [2.24, 2.45) is 0 Å². The van der Waals surface area contributed by atoms with Crippen LogP contribution in [0.15, 0.2) is 18.3 Å². The minimum absolute atomic E-state index is 0.101. The molecule has 1 amide bonds. The summed E-state index contributed by atoms with van der Waals surface area (Å²) in [5.41, 5.74) is 1.64. The minimum atomic E-state index is 0.101. The molecule has 0 saturated heterocycles. The van der Waals surface area contributed by atoms with Gasteiger partial charge in [0.1, 0.15) is 0 Å². The van der Waals surface area contributed by atoms with Gasteiger partial charge in [-0.3, -0.25) is 9.78 Å². The maximum atomic E-state index is 12.2. The van der Waals surface area contributed by atoms with Crippen molar-refractivity contribution in [3.05, 3.63) is 29.6 Å². The number of hydrogen-bond donors (Lipinski definition) is 0. The molecule has 3 heteroatoms. The van der Waals surface area contributed by atoms with E-state index in [-0.39, 0.29) is 5.91 Å². The van der Waals surface area contributed by atoms with E-state index in [2.05, 4.69) is 4.98 Å². The standard InChI is InChI=1S/C14H20N2O/c1-11-8-9-12(10-15-11)14(17)16(2)13-6-4-3-5-7-13/h8-10,13H,3-7H2,1-2H3. The Morgan fingerprint density at radius 3 is 2.59 bits per heavy atom. The number of aryl methyl sites for hydroxylation is 1. The minimum Gasteiger partial charge on any atom is -0.339 e. The summed E-state index contributed by atoms with van der Waals surface area (Å²) in [7, 11) is 1.91. The largest absolute Gasteiger partial charge is 0.339 e. The number of carbonyl (C=O) groups excluding carboxylic acids is 1.